The predicted molar refractivity (Wildman–Crippen MR) is 65.7 cm³/mol. The lowest BCUT2D eigenvalue weighted by molar-refractivity contribution is -0.152. The molecule has 1 aliphatic carbocycles. The van der Waals surface area contributed by atoms with Gasteiger partial charge in [0, 0.05) is 25.6 Å². The van der Waals surface area contributed by atoms with Crippen molar-refractivity contribution in [3.8, 4) is 0 Å². The molecule has 1 atom stereocenters. The summed E-state index contributed by atoms with van der Waals surface area (Å²) in [6.07, 6.45) is 7.01. The average molecular weight is 251 g/mol. The summed E-state index contributed by atoms with van der Waals surface area (Å²) in [7, 11) is 0. The molecule has 2 aliphatic heterocycles. The summed E-state index contributed by atoms with van der Waals surface area (Å²) in [4.78, 5) is 24.0. The van der Waals surface area contributed by atoms with Crippen LogP contribution in [-0.4, -0.2) is 25.0 Å². The molecule has 1 N–H and O–H groups in total. The van der Waals surface area contributed by atoms with Crippen LogP contribution in [0.1, 0.15) is 44.9 Å². The lowest BCUT2D eigenvalue weighted by atomic mass is 9.61. The Hall–Kier alpha value is -0.900. The smallest absolute Gasteiger partial charge is 0.230 e. The highest BCUT2D eigenvalue weighted by Gasteiger charge is 2.52. The van der Waals surface area contributed by atoms with E-state index in [1.54, 1.807) is 0 Å². The van der Waals surface area contributed by atoms with Gasteiger partial charge in [-0.05, 0) is 37.0 Å². The summed E-state index contributed by atoms with van der Waals surface area (Å²) in [5.41, 5.74) is -0.104. The number of ether oxygens (including phenoxy) is 1. The molecule has 0 aromatic carbocycles. The van der Waals surface area contributed by atoms with E-state index in [0.29, 0.717) is 25.6 Å². The first-order valence-electron chi connectivity index (χ1n) is 7.13. The summed E-state index contributed by atoms with van der Waals surface area (Å²) in [6.45, 7) is 1.40. The average Bonchev–Trinajstić information content (AvgIpc) is 2.82. The van der Waals surface area contributed by atoms with Crippen molar-refractivity contribution < 1.29 is 14.3 Å². The highest BCUT2D eigenvalue weighted by molar-refractivity contribution is 5.99. The lowest BCUT2D eigenvalue weighted by Crippen LogP contribution is -2.56. The van der Waals surface area contributed by atoms with Crippen molar-refractivity contribution in [2.24, 2.45) is 17.3 Å². The molecule has 0 bridgehead atoms. The van der Waals surface area contributed by atoms with E-state index in [4.69, 9.17) is 4.74 Å². The van der Waals surface area contributed by atoms with Crippen molar-refractivity contribution in [3.05, 3.63) is 0 Å². The maximum absolute atomic E-state index is 12.3. The van der Waals surface area contributed by atoms with Crippen LogP contribution in [0.15, 0.2) is 0 Å². The van der Waals surface area contributed by atoms with Crippen LogP contribution >= 0.6 is 0 Å². The Bertz CT molecular complexity index is 354. The molecule has 2 amide bonds. The summed E-state index contributed by atoms with van der Waals surface area (Å²) < 4.78 is 5.44. The topological polar surface area (TPSA) is 55.4 Å². The van der Waals surface area contributed by atoms with Crippen molar-refractivity contribution in [1.29, 1.82) is 0 Å². The van der Waals surface area contributed by atoms with Crippen molar-refractivity contribution in [2.45, 2.75) is 44.9 Å². The molecule has 0 aromatic rings. The number of hydrogen-bond donors (Lipinski definition) is 1. The van der Waals surface area contributed by atoms with Gasteiger partial charge in [0.25, 0.3) is 0 Å². The third-order valence-electron chi connectivity index (χ3n) is 5.08. The van der Waals surface area contributed by atoms with Gasteiger partial charge >= 0.3 is 0 Å². The molecule has 2 saturated heterocycles. The fourth-order valence-electron chi connectivity index (χ4n) is 4.24. The van der Waals surface area contributed by atoms with Crippen molar-refractivity contribution >= 4 is 11.8 Å². The van der Waals surface area contributed by atoms with Gasteiger partial charge in [0.15, 0.2) is 0 Å². The molecule has 3 aliphatic rings. The van der Waals surface area contributed by atoms with Crippen LogP contribution in [0.25, 0.3) is 0 Å². The van der Waals surface area contributed by atoms with Gasteiger partial charge in [0.1, 0.15) is 0 Å². The molecule has 4 nitrogen and oxygen atoms in total. The van der Waals surface area contributed by atoms with Crippen LogP contribution in [0.2, 0.25) is 0 Å². The second-order valence-corrected chi connectivity index (χ2v) is 6.09. The molecule has 3 rings (SSSR count). The number of piperidine rings is 1. The van der Waals surface area contributed by atoms with Gasteiger partial charge in [-0.3, -0.25) is 14.9 Å². The zero-order valence-corrected chi connectivity index (χ0v) is 10.7. The summed E-state index contributed by atoms with van der Waals surface area (Å²) >= 11 is 0. The SMILES string of the molecule is O=C1CC2(CCOCC2)C(C2CCCC2)C(=O)N1. The first-order chi connectivity index (χ1) is 8.71. The van der Waals surface area contributed by atoms with Gasteiger partial charge in [-0.2, -0.15) is 0 Å². The predicted octanol–water partition coefficient (Wildman–Crippen LogP) is 1.64. The van der Waals surface area contributed by atoms with Crippen LogP contribution in [-0.2, 0) is 14.3 Å². The standard InChI is InChI=1S/C14H21NO3/c16-11-9-14(5-7-18-8-6-14)12(13(17)15-11)10-3-1-2-4-10/h10,12H,1-9H2,(H,15,16,17). The fraction of sp³-hybridized carbons (Fsp3) is 0.857. The van der Waals surface area contributed by atoms with Crippen molar-refractivity contribution in [1.82, 2.24) is 5.32 Å². The third-order valence-corrected chi connectivity index (χ3v) is 5.08. The lowest BCUT2D eigenvalue weighted by Gasteiger charge is -2.47. The minimum atomic E-state index is -0.104. The Morgan fingerprint density at radius 2 is 1.78 bits per heavy atom. The highest BCUT2D eigenvalue weighted by Crippen LogP contribution is 2.50. The second kappa shape index (κ2) is 4.65. The van der Waals surface area contributed by atoms with Crippen molar-refractivity contribution in [3.63, 3.8) is 0 Å². The van der Waals surface area contributed by atoms with E-state index in [-0.39, 0.29) is 23.1 Å². The summed E-state index contributed by atoms with van der Waals surface area (Å²) in [6, 6.07) is 0. The zero-order valence-electron chi connectivity index (χ0n) is 10.7. The number of amides is 2. The van der Waals surface area contributed by atoms with Gasteiger partial charge in [0.05, 0.1) is 0 Å². The van der Waals surface area contributed by atoms with E-state index in [2.05, 4.69) is 5.32 Å². The zero-order chi connectivity index (χ0) is 12.6. The van der Waals surface area contributed by atoms with Crippen LogP contribution in [0, 0.1) is 17.3 Å². The summed E-state index contributed by atoms with van der Waals surface area (Å²) in [5, 5.41) is 2.56. The Morgan fingerprint density at radius 1 is 1.11 bits per heavy atom. The van der Waals surface area contributed by atoms with E-state index in [9.17, 15) is 9.59 Å². The third kappa shape index (κ3) is 1.96. The normalized spacial score (nSPS) is 32.8. The largest absolute Gasteiger partial charge is 0.381 e. The number of carbonyl (C=O) groups is 2. The Morgan fingerprint density at radius 3 is 2.44 bits per heavy atom. The minimum Gasteiger partial charge on any atom is -0.381 e. The maximum Gasteiger partial charge on any atom is 0.230 e. The van der Waals surface area contributed by atoms with Gasteiger partial charge in [-0.15, -0.1) is 0 Å². The molecule has 2 heterocycles. The van der Waals surface area contributed by atoms with Gasteiger partial charge in [-0.25, -0.2) is 0 Å². The second-order valence-electron chi connectivity index (χ2n) is 6.09. The monoisotopic (exact) mass is 251 g/mol. The molecule has 3 fully saturated rings. The first kappa shape index (κ1) is 12.2. The number of nitrogens with one attached hydrogen (secondary N) is 1. The molecule has 100 valence electrons. The van der Waals surface area contributed by atoms with Crippen LogP contribution < -0.4 is 5.32 Å². The Labute approximate surface area is 107 Å². The summed E-state index contributed by atoms with van der Waals surface area (Å²) in [5.74, 6) is 0.425. The molecule has 18 heavy (non-hydrogen) atoms. The van der Waals surface area contributed by atoms with E-state index < -0.39 is 0 Å². The molecule has 4 heteroatoms. The molecule has 1 spiro atoms. The number of hydrogen-bond acceptors (Lipinski definition) is 3. The molecular formula is C14H21NO3. The van der Waals surface area contributed by atoms with Gasteiger partial charge < -0.3 is 4.74 Å². The maximum atomic E-state index is 12.3. The highest BCUT2D eigenvalue weighted by atomic mass is 16.5. The van der Waals surface area contributed by atoms with Crippen LogP contribution in [0.4, 0.5) is 0 Å². The molecule has 1 saturated carbocycles. The van der Waals surface area contributed by atoms with Crippen molar-refractivity contribution in [2.75, 3.05) is 13.2 Å². The molecule has 1 unspecified atom stereocenters. The number of carbonyl (C=O) groups excluding carboxylic acids is 2. The first-order valence-corrected chi connectivity index (χ1v) is 7.13. The van der Waals surface area contributed by atoms with Gasteiger partial charge in [-0.1, -0.05) is 12.8 Å². The fourth-order valence-corrected chi connectivity index (χ4v) is 4.24. The van der Waals surface area contributed by atoms with Crippen LogP contribution in [0.3, 0.4) is 0 Å². The Balaban J connectivity index is 1.89. The number of rotatable bonds is 1. The van der Waals surface area contributed by atoms with E-state index in [0.717, 1.165) is 25.7 Å². The molecule has 0 aromatic heterocycles. The van der Waals surface area contributed by atoms with Gasteiger partial charge in [0.2, 0.25) is 11.8 Å². The van der Waals surface area contributed by atoms with E-state index in [1.807, 2.05) is 0 Å². The van der Waals surface area contributed by atoms with Crippen LogP contribution in [0.5, 0.6) is 0 Å². The molecule has 0 radical (unpaired) electrons. The Kier molecular flexibility index (Phi) is 3.14. The van der Waals surface area contributed by atoms with E-state index >= 15 is 0 Å². The number of imide groups is 1. The minimum absolute atomic E-state index is 0.0138. The molecular weight excluding hydrogens is 230 g/mol. The van der Waals surface area contributed by atoms with E-state index in [1.165, 1.54) is 12.8 Å². The quantitative estimate of drug-likeness (QED) is 0.721.